The first kappa shape index (κ1) is 56.1. The van der Waals surface area contributed by atoms with Gasteiger partial charge in [0.1, 0.15) is 55.4 Å². The zero-order valence-corrected chi connectivity index (χ0v) is 37.9. The minimum atomic E-state index is -1.77. The molecule has 4 unspecified atom stereocenters. The first-order valence-corrected chi connectivity index (χ1v) is 23.9. The lowest BCUT2D eigenvalue weighted by Gasteiger charge is -2.42. The molecule has 0 aliphatic carbocycles. The highest BCUT2D eigenvalue weighted by Gasteiger charge is 2.47. The number of ether oxygens (including phenoxy) is 6. The van der Waals surface area contributed by atoms with Crippen molar-refractivity contribution in [1.82, 2.24) is 0 Å². The van der Waals surface area contributed by atoms with Gasteiger partial charge in [0.05, 0.1) is 19.8 Å². The van der Waals surface area contributed by atoms with Crippen molar-refractivity contribution < 1.29 is 73.8 Å². The molecule has 0 bridgehead atoms. The standard InChI is InChI=1S/C47H84O15/c1-3-5-7-9-11-13-15-16-17-18-20-22-24-26-28-30-39(50)60-35(32-57-38(49)29-27-25-23-21-19-14-12-10-8-6-4-2)33-58-46-45(56)43(54)41(52)37(62-46)34-59-47-44(55)42(53)40(51)36(31-48)61-47/h10,12,24,26,35-37,40-48,51-56H,3-9,11,13-23,25,27-34H2,1-2H3/b12-10+,26-24+/t35-,36-,37-,40+,41+,42?,43?,44?,45?,46-,47-/m1/s1. The topological polar surface area (TPSA) is 231 Å². The van der Waals surface area contributed by atoms with Gasteiger partial charge in [-0.15, -0.1) is 0 Å². The van der Waals surface area contributed by atoms with Crippen molar-refractivity contribution in [1.29, 1.82) is 0 Å². The van der Waals surface area contributed by atoms with E-state index in [0.29, 0.717) is 12.8 Å². The van der Waals surface area contributed by atoms with E-state index in [9.17, 15) is 45.3 Å². The van der Waals surface area contributed by atoms with Crippen molar-refractivity contribution in [2.45, 2.75) is 235 Å². The van der Waals surface area contributed by atoms with E-state index in [1.54, 1.807) is 0 Å². The predicted octanol–water partition coefficient (Wildman–Crippen LogP) is 5.60. The number of aliphatic hydroxyl groups excluding tert-OH is 7. The normalized spacial score (nSPS) is 27.2. The van der Waals surface area contributed by atoms with Crippen LogP contribution in [0.1, 0.15) is 168 Å². The SMILES string of the molecule is CCCC/C=C/CCCCCCCC(=O)OC[C@H](CO[C@@H]1O[C@H](CO[C@@H]2O[C@H](CO)[C@H](O)C(O)C2O)[C@H](O)C(O)C1O)OC(=O)CC/C=C/CCCCCCCCCCCCC. The van der Waals surface area contributed by atoms with Gasteiger partial charge < -0.3 is 64.2 Å². The third-order valence-corrected chi connectivity index (χ3v) is 11.4. The van der Waals surface area contributed by atoms with Crippen LogP contribution in [0.15, 0.2) is 24.3 Å². The van der Waals surface area contributed by atoms with Crippen LogP contribution in [-0.4, -0.2) is 142 Å². The van der Waals surface area contributed by atoms with Gasteiger partial charge in [-0.05, 0) is 44.9 Å². The van der Waals surface area contributed by atoms with Gasteiger partial charge in [-0.2, -0.15) is 0 Å². The average Bonchev–Trinajstić information content (AvgIpc) is 3.26. The summed E-state index contributed by atoms with van der Waals surface area (Å²) in [5.41, 5.74) is 0. The number of hydrogen-bond donors (Lipinski definition) is 7. The smallest absolute Gasteiger partial charge is 0.306 e. The molecule has 2 aliphatic rings. The Hall–Kier alpha value is -2.02. The molecule has 0 aromatic heterocycles. The monoisotopic (exact) mass is 889 g/mol. The van der Waals surface area contributed by atoms with E-state index in [4.69, 9.17) is 28.4 Å². The number of carbonyl (C=O) groups is 2. The molecule has 62 heavy (non-hydrogen) atoms. The van der Waals surface area contributed by atoms with Crippen molar-refractivity contribution in [3.05, 3.63) is 24.3 Å². The summed E-state index contributed by atoms with van der Waals surface area (Å²) in [4.78, 5) is 25.6. The zero-order chi connectivity index (χ0) is 45.4. The van der Waals surface area contributed by atoms with Gasteiger partial charge in [0, 0.05) is 12.8 Å². The van der Waals surface area contributed by atoms with Crippen molar-refractivity contribution in [2.75, 3.05) is 26.4 Å². The van der Waals surface area contributed by atoms with Crippen LogP contribution in [0.3, 0.4) is 0 Å². The van der Waals surface area contributed by atoms with Gasteiger partial charge in [-0.3, -0.25) is 9.59 Å². The Morgan fingerprint density at radius 3 is 1.53 bits per heavy atom. The van der Waals surface area contributed by atoms with E-state index >= 15 is 0 Å². The van der Waals surface area contributed by atoms with Gasteiger partial charge in [0.25, 0.3) is 0 Å². The third kappa shape index (κ3) is 23.8. The molecule has 0 spiro atoms. The molecule has 0 saturated carbocycles. The Balaban J connectivity index is 1.86. The van der Waals surface area contributed by atoms with Gasteiger partial charge >= 0.3 is 11.9 Å². The number of carbonyl (C=O) groups excluding carboxylic acids is 2. The molecular weight excluding hydrogens is 805 g/mol. The van der Waals surface area contributed by atoms with Crippen LogP contribution in [-0.2, 0) is 38.0 Å². The molecule has 11 atom stereocenters. The van der Waals surface area contributed by atoms with Crippen molar-refractivity contribution in [2.24, 2.45) is 0 Å². The summed E-state index contributed by atoms with van der Waals surface area (Å²) in [7, 11) is 0. The maximum Gasteiger partial charge on any atom is 0.306 e. The fourth-order valence-corrected chi connectivity index (χ4v) is 7.39. The van der Waals surface area contributed by atoms with Crippen molar-refractivity contribution >= 4 is 11.9 Å². The summed E-state index contributed by atoms with van der Waals surface area (Å²) in [5.74, 6) is -0.992. The first-order chi connectivity index (χ1) is 30.0. The average molecular weight is 889 g/mol. The van der Waals surface area contributed by atoms with Gasteiger partial charge in [-0.1, -0.05) is 134 Å². The molecule has 0 aromatic rings. The van der Waals surface area contributed by atoms with Gasteiger partial charge in [0.15, 0.2) is 18.7 Å². The number of esters is 2. The molecule has 7 N–H and O–H groups in total. The van der Waals surface area contributed by atoms with Crippen molar-refractivity contribution in [3.8, 4) is 0 Å². The molecular formula is C47H84O15. The quantitative estimate of drug-likeness (QED) is 0.0231. The summed E-state index contributed by atoms with van der Waals surface area (Å²) >= 11 is 0. The Morgan fingerprint density at radius 2 is 0.968 bits per heavy atom. The van der Waals surface area contributed by atoms with E-state index in [-0.39, 0.29) is 19.4 Å². The second-order valence-electron chi connectivity index (χ2n) is 16.9. The molecule has 2 fully saturated rings. The Bertz CT molecular complexity index is 1180. The van der Waals surface area contributed by atoms with Crippen LogP contribution in [0.4, 0.5) is 0 Å². The first-order valence-electron chi connectivity index (χ1n) is 23.9. The number of aliphatic hydroxyl groups is 7. The second-order valence-corrected chi connectivity index (χ2v) is 16.9. The minimum absolute atomic E-state index is 0.0819. The Kier molecular flexibility index (Phi) is 31.9. The van der Waals surface area contributed by atoms with Crippen LogP contribution >= 0.6 is 0 Å². The van der Waals surface area contributed by atoms with E-state index in [1.165, 1.54) is 77.0 Å². The molecule has 15 nitrogen and oxygen atoms in total. The van der Waals surface area contributed by atoms with E-state index in [1.807, 2.05) is 6.08 Å². The van der Waals surface area contributed by atoms with Crippen molar-refractivity contribution in [3.63, 3.8) is 0 Å². The Labute approximate surface area is 371 Å². The maximum atomic E-state index is 12.9. The summed E-state index contributed by atoms with van der Waals surface area (Å²) in [6, 6.07) is 0. The Morgan fingerprint density at radius 1 is 0.500 bits per heavy atom. The molecule has 0 aromatic carbocycles. The van der Waals surface area contributed by atoms with Crippen LogP contribution in [0.5, 0.6) is 0 Å². The summed E-state index contributed by atoms with van der Waals surface area (Å²) < 4.78 is 33.4. The molecule has 2 rings (SSSR count). The molecule has 0 amide bonds. The van der Waals surface area contributed by atoms with Crippen LogP contribution in [0.2, 0.25) is 0 Å². The predicted molar refractivity (Wildman–Crippen MR) is 234 cm³/mol. The number of allylic oxidation sites excluding steroid dienone is 4. The summed E-state index contributed by atoms with van der Waals surface area (Å²) in [5, 5.41) is 71.9. The summed E-state index contributed by atoms with van der Waals surface area (Å²) in [6.07, 6.45) is 16.6. The lowest BCUT2D eigenvalue weighted by atomic mass is 9.98. The lowest BCUT2D eigenvalue weighted by molar-refractivity contribution is -0.332. The highest BCUT2D eigenvalue weighted by Crippen LogP contribution is 2.26. The minimum Gasteiger partial charge on any atom is -0.462 e. The zero-order valence-electron chi connectivity index (χ0n) is 37.9. The highest BCUT2D eigenvalue weighted by atomic mass is 16.7. The number of rotatable bonds is 36. The molecule has 2 heterocycles. The molecule has 2 aliphatic heterocycles. The third-order valence-electron chi connectivity index (χ3n) is 11.4. The largest absolute Gasteiger partial charge is 0.462 e. The fourth-order valence-electron chi connectivity index (χ4n) is 7.39. The fraction of sp³-hybridized carbons (Fsp3) is 0.872. The molecule has 15 heteroatoms. The number of unbranched alkanes of at least 4 members (excludes halogenated alkanes) is 18. The second kappa shape index (κ2) is 35.3. The molecule has 2 saturated heterocycles. The summed E-state index contributed by atoms with van der Waals surface area (Å²) in [6.45, 7) is 2.49. The van der Waals surface area contributed by atoms with E-state index < -0.39 is 99.3 Å². The lowest BCUT2D eigenvalue weighted by Crippen LogP contribution is -2.61. The maximum absolute atomic E-state index is 12.9. The van der Waals surface area contributed by atoms with E-state index in [0.717, 1.165) is 51.4 Å². The molecule has 0 radical (unpaired) electrons. The van der Waals surface area contributed by atoms with Gasteiger partial charge in [0.2, 0.25) is 0 Å². The van der Waals surface area contributed by atoms with Crippen LogP contribution in [0, 0.1) is 0 Å². The van der Waals surface area contributed by atoms with Crippen LogP contribution < -0.4 is 0 Å². The highest BCUT2D eigenvalue weighted by molar-refractivity contribution is 5.70. The van der Waals surface area contributed by atoms with Gasteiger partial charge in [-0.25, -0.2) is 0 Å². The number of hydrogen-bond acceptors (Lipinski definition) is 15. The molecule has 362 valence electrons. The van der Waals surface area contributed by atoms with Crippen LogP contribution in [0.25, 0.3) is 0 Å². The van der Waals surface area contributed by atoms with E-state index in [2.05, 4.69) is 32.1 Å².